The van der Waals surface area contributed by atoms with Crippen molar-refractivity contribution in [2.75, 3.05) is 43.5 Å². The van der Waals surface area contributed by atoms with Gasteiger partial charge in [-0.05, 0) is 37.3 Å². The highest BCUT2D eigenvalue weighted by atomic mass is 35.5. The van der Waals surface area contributed by atoms with E-state index >= 15 is 0 Å². The summed E-state index contributed by atoms with van der Waals surface area (Å²) in [6, 6.07) is 9.39. The molecule has 1 aliphatic heterocycles. The fraction of sp³-hybridized carbons (Fsp3) is 0.350. The fourth-order valence-corrected chi connectivity index (χ4v) is 3.22. The molecule has 6 nitrogen and oxygen atoms in total. The highest BCUT2D eigenvalue weighted by Gasteiger charge is 2.23. The van der Waals surface area contributed by atoms with Crippen molar-refractivity contribution in [3.05, 3.63) is 52.8 Å². The van der Waals surface area contributed by atoms with Gasteiger partial charge in [-0.1, -0.05) is 11.6 Å². The lowest BCUT2D eigenvalue weighted by Crippen LogP contribution is -2.47. The van der Waals surface area contributed by atoms with Crippen LogP contribution in [-0.4, -0.2) is 44.9 Å². The summed E-state index contributed by atoms with van der Waals surface area (Å²) < 4.78 is 24.4. The molecule has 1 aliphatic rings. The summed E-state index contributed by atoms with van der Waals surface area (Å²) in [6.07, 6.45) is -0.192. The van der Waals surface area contributed by atoms with Crippen molar-refractivity contribution in [2.45, 2.75) is 13.0 Å². The number of benzene rings is 2. The van der Waals surface area contributed by atoms with Crippen LogP contribution < -0.4 is 20.7 Å². The van der Waals surface area contributed by atoms with Gasteiger partial charge in [-0.3, -0.25) is 4.79 Å². The van der Waals surface area contributed by atoms with E-state index in [2.05, 4.69) is 10.2 Å². The number of anilines is 2. The third-order valence-corrected chi connectivity index (χ3v) is 4.79. The number of ether oxygens (including phenoxy) is 2. The van der Waals surface area contributed by atoms with E-state index in [0.29, 0.717) is 54.9 Å². The van der Waals surface area contributed by atoms with Crippen LogP contribution in [0.4, 0.5) is 15.8 Å². The van der Waals surface area contributed by atoms with Gasteiger partial charge < -0.3 is 25.4 Å². The Morgan fingerprint density at radius 3 is 2.86 bits per heavy atom. The van der Waals surface area contributed by atoms with Gasteiger partial charge in [0.1, 0.15) is 11.6 Å². The van der Waals surface area contributed by atoms with Crippen LogP contribution in [0, 0.1) is 5.82 Å². The molecule has 1 fully saturated rings. The second-order valence-corrected chi connectivity index (χ2v) is 6.84. The molecular formula is C20H23ClFN3O3. The predicted molar refractivity (Wildman–Crippen MR) is 108 cm³/mol. The smallest absolute Gasteiger partial charge is 0.255 e. The number of carbonyl (C=O) groups is 1. The summed E-state index contributed by atoms with van der Waals surface area (Å²) in [5, 5.41) is 3.16. The SMILES string of the molecule is CCOc1cc(N)c(Cl)cc1C(=O)NCC1CN(c2ccc(F)cc2)CCO1. The van der Waals surface area contributed by atoms with Gasteiger partial charge >= 0.3 is 0 Å². The Labute approximate surface area is 168 Å². The standard InChI is InChI=1S/C20H23ClFN3O3/c1-2-27-19-10-18(23)17(21)9-16(19)20(26)24-11-15-12-25(7-8-28-15)14-5-3-13(22)4-6-14/h3-6,9-10,15H,2,7-8,11-12,23H2,1H3,(H,24,26). The molecule has 0 radical (unpaired) electrons. The average Bonchev–Trinajstić information content (AvgIpc) is 2.70. The van der Waals surface area contributed by atoms with E-state index in [1.807, 2.05) is 6.92 Å². The first-order valence-corrected chi connectivity index (χ1v) is 9.48. The zero-order valence-electron chi connectivity index (χ0n) is 15.6. The van der Waals surface area contributed by atoms with Crippen LogP contribution in [0.1, 0.15) is 17.3 Å². The van der Waals surface area contributed by atoms with Gasteiger partial charge in [0, 0.05) is 31.4 Å². The third kappa shape index (κ3) is 4.85. The van der Waals surface area contributed by atoms with E-state index in [0.717, 1.165) is 5.69 Å². The molecule has 3 rings (SSSR count). The van der Waals surface area contributed by atoms with E-state index in [4.69, 9.17) is 26.8 Å². The van der Waals surface area contributed by atoms with Crippen molar-refractivity contribution in [1.82, 2.24) is 5.32 Å². The maximum absolute atomic E-state index is 13.1. The number of morpholine rings is 1. The molecule has 1 atom stereocenters. The van der Waals surface area contributed by atoms with Gasteiger partial charge in [-0.15, -0.1) is 0 Å². The van der Waals surface area contributed by atoms with Crippen molar-refractivity contribution in [1.29, 1.82) is 0 Å². The maximum Gasteiger partial charge on any atom is 0.255 e. The van der Waals surface area contributed by atoms with Gasteiger partial charge in [0.05, 0.1) is 35.6 Å². The highest BCUT2D eigenvalue weighted by molar-refractivity contribution is 6.33. The molecule has 150 valence electrons. The topological polar surface area (TPSA) is 76.8 Å². The molecule has 1 saturated heterocycles. The largest absolute Gasteiger partial charge is 0.493 e. The highest BCUT2D eigenvalue weighted by Crippen LogP contribution is 2.29. The number of nitrogen functional groups attached to an aromatic ring is 1. The van der Waals surface area contributed by atoms with Gasteiger partial charge in [-0.2, -0.15) is 0 Å². The van der Waals surface area contributed by atoms with Gasteiger partial charge in [0.15, 0.2) is 0 Å². The minimum absolute atomic E-state index is 0.192. The number of hydrogen-bond acceptors (Lipinski definition) is 5. The van der Waals surface area contributed by atoms with Crippen molar-refractivity contribution in [2.24, 2.45) is 0 Å². The van der Waals surface area contributed by atoms with Crippen LogP contribution in [0.5, 0.6) is 5.75 Å². The molecule has 8 heteroatoms. The van der Waals surface area contributed by atoms with Crippen molar-refractivity contribution in [3.63, 3.8) is 0 Å². The molecule has 28 heavy (non-hydrogen) atoms. The molecule has 1 heterocycles. The summed E-state index contributed by atoms with van der Waals surface area (Å²) in [5.74, 6) is -0.194. The van der Waals surface area contributed by atoms with Crippen LogP contribution in [0.25, 0.3) is 0 Å². The van der Waals surface area contributed by atoms with Crippen LogP contribution in [0.2, 0.25) is 5.02 Å². The van der Waals surface area contributed by atoms with E-state index in [1.54, 1.807) is 18.2 Å². The normalized spacial score (nSPS) is 16.7. The number of amides is 1. The lowest BCUT2D eigenvalue weighted by molar-refractivity contribution is 0.0396. The molecule has 3 N–H and O–H groups in total. The maximum atomic E-state index is 13.1. The van der Waals surface area contributed by atoms with E-state index < -0.39 is 0 Å². The molecule has 1 amide bonds. The van der Waals surface area contributed by atoms with Crippen LogP contribution in [-0.2, 0) is 4.74 Å². The molecule has 1 unspecified atom stereocenters. The Morgan fingerprint density at radius 1 is 1.39 bits per heavy atom. The van der Waals surface area contributed by atoms with Gasteiger partial charge in [0.25, 0.3) is 5.91 Å². The number of nitrogens with one attached hydrogen (secondary N) is 1. The molecule has 0 bridgehead atoms. The van der Waals surface area contributed by atoms with Crippen molar-refractivity contribution in [3.8, 4) is 5.75 Å². The Balaban J connectivity index is 1.63. The van der Waals surface area contributed by atoms with Crippen LogP contribution in [0.3, 0.4) is 0 Å². The molecule has 0 saturated carbocycles. The number of halogens is 2. The first-order valence-electron chi connectivity index (χ1n) is 9.10. The second-order valence-electron chi connectivity index (χ2n) is 6.43. The summed E-state index contributed by atoms with van der Waals surface area (Å²) in [5.41, 5.74) is 7.40. The molecule has 0 aromatic heterocycles. The van der Waals surface area contributed by atoms with Gasteiger partial charge in [0.2, 0.25) is 0 Å². The number of nitrogens with two attached hydrogens (primary N) is 1. The van der Waals surface area contributed by atoms with E-state index in [9.17, 15) is 9.18 Å². The molecule has 2 aromatic carbocycles. The quantitative estimate of drug-likeness (QED) is 0.719. The lowest BCUT2D eigenvalue weighted by atomic mass is 10.1. The Kier molecular flexibility index (Phi) is 6.59. The van der Waals surface area contributed by atoms with Gasteiger partial charge in [-0.25, -0.2) is 4.39 Å². The minimum atomic E-state index is -0.312. The first kappa shape index (κ1) is 20.2. The zero-order valence-corrected chi connectivity index (χ0v) is 16.3. The summed E-state index contributed by atoms with van der Waals surface area (Å²) in [6.45, 7) is 4.37. The Bertz CT molecular complexity index is 832. The number of rotatable bonds is 6. The lowest BCUT2D eigenvalue weighted by Gasteiger charge is -2.34. The summed E-state index contributed by atoms with van der Waals surface area (Å²) in [4.78, 5) is 14.7. The molecule has 0 aliphatic carbocycles. The number of nitrogens with zero attached hydrogens (tertiary/aromatic N) is 1. The van der Waals surface area contributed by atoms with E-state index in [-0.39, 0.29) is 17.8 Å². The van der Waals surface area contributed by atoms with Crippen molar-refractivity contribution < 1.29 is 18.7 Å². The zero-order chi connectivity index (χ0) is 20.1. The average molecular weight is 408 g/mol. The minimum Gasteiger partial charge on any atom is -0.493 e. The molecule has 0 spiro atoms. The monoisotopic (exact) mass is 407 g/mol. The summed E-state index contributed by atoms with van der Waals surface area (Å²) in [7, 11) is 0. The van der Waals surface area contributed by atoms with Crippen LogP contribution in [0.15, 0.2) is 36.4 Å². The summed E-state index contributed by atoms with van der Waals surface area (Å²) >= 11 is 6.06. The fourth-order valence-electron chi connectivity index (χ4n) is 3.05. The first-order chi connectivity index (χ1) is 13.5. The Morgan fingerprint density at radius 2 is 2.14 bits per heavy atom. The second kappa shape index (κ2) is 9.12. The molecular weight excluding hydrogens is 385 g/mol. The van der Waals surface area contributed by atoms with Crippen molar-refractivity contribution >= 4 is 28.9 Å². The predicted octanol–water partition coefficient (Wildman–Crippen LogP) is 3.10. The Hall–Kier alpha value is -2.51. The number of carbonyl (C=O) groups excluding carboxylic acids is 1. The number of hydrogen-bond donors (Lipinski definition) is 2. The van der Waals surface area contributed by atoms with Crippen LogP contribution >= 0.6 is 11.6 Å². The van der Waals surface area contributed by atoms with E-state index in [1.165, 1.54) is 18.2 Å². The molecule has 2 aromatic rings. The third-order valence-electron chi connectivity index (χ3n) is 4.46.